The lowest BCUT2D eigenvalue weighted by Gasteiger charge is -2.15. The summed E-state index contributed by atoms with van der Waals surface area (Å²) in [5, 5.41) is 10.8. The molecular weight excluding hydrogens is 252 g/mol. The Morgan fingerprint density at radius 2 is 2.00 bits per heavy atom. The number of nitro groups is 1. The van der Waals surface area contributed by atoms with Gasteiger partial charge in [0, 0.05) is 6.92 Å². The van der Waals surface area contributed by atoms with Crippen molar-refractivity contribution in [3.05, 3.63) is 22.1 Å². The van der Waals surface area contributed by atoms with E-state index in [-0.39, 0.29) is 42.6 Å². The average molecular weight is 264 g/mol. The molecule has 0 unspecified atom stereocenters. The van der Waals surface area contributed by atoms with Crippen LogP contribution in [0.2, 0.25) is 0 Å². The third-order valence-corrected chi connectivity index (χ3v) is 3.73. The van der Waals surface area contributed by atoms with Crippen LogP contribution in [0.3, 0.4) is 0 Å². The first-order valence-electron chi connectivity index (χ1n) is 6.02. The fraction of sp³-hybridized carbons (Fsp3) is 0.545. The summed E-state index contributed by atoms with van der Waals surface area (Å²) in [4.78, 5) is 38.9. The van der Waals surface area contributed by atoms with Gasteiger partial charge in [0.1, 0.15) is 12.7 Å². The number of hydrogen-bond donors (Lipinski definition) is 0. The van der Waals surface area contributed by atoms with E-state index in [4.69, 9.17) is 0 Å². The Labute approximate surface area is 108 Å². The first kappa shape index (κ1) is 11.8. The molecule has 0 aromatic carbocycles. The van der Waals surface area contributed by atoms with Crippen molar-refractivity contribution in [3.63, 3.8) is 0 Å². The Balaban J connectivity index is 1.73. The molecule has 1 saturated heterocycles. The van der Waals surface area contributed by atoms with Crippen LogP contribution in [0.1, 0.15) is 12.2 Å². The molecule has 0 radical (unpaired) electrons. The Hall–Kier alpha value is -2.25. The maximum atomic E-state index is 11.8. The van der Waals surface area contributed by atoms with E-state index < -0.39 is 4.92 Å². The highest BCUT2D eigenvalue weighted by atomic mass is 16.6. The number of carbonyl (C=O) groups excluding carboxylic acids is 2. The number of amides is 2. The number of likely N-dealkylation sites (tertiary alicyclic amines) is 1. The summed E-state index contributed by atoms with van der Waals surface area (Å²) in [6.45, 7) is 2.03. The SMILES string of the molecule is Cc1ncc([N+](=O)[O-])n1CCN1C(=O)[C@H]2C[C@H]2C1=O. The molecule has 2 fully saturated rings. The van der Waals surface area contributed by atoms with E-state index >= 15 is 0 Å². The van der Waals surface area contributed by atoms with E-state index in [9.17, 15) is 19.7 Å². The molecule has 1 aromatic rings. The van der Waals surface area contributed by atoms with Crippen LogP contribution in [0.15, 0.2) is 6.20 Å². The average Bonchev–Trinajstić information content (AvgIpc) is 3.02. The number of rotatable bonds is 4. The number of carbonyl (C=O) groups is 2. The monoisotopic (exact) mass is 264 g/mol. The van der Waals surface area contributed by atoms with E-state index in [2.05, 4.69) is 4.98 Å². The Kier molecular flexibility index (Phi) is 2.41. The zero-order valence-electron chi connectivity index (χ0n) is 10.3. The van der Waals surface area contributed by atoms with Crippen LogP contribution in [0.25, 0.3) is 0 Å². The van der Waals surface area contributed by atoms with Crippen LogP contribution in [0.4, 0.5) is 5.82 Å². The van der Waals surface area contributed by atoms with Crippen molar-refractivity contribution < 1.29 is 14.5 Å². The molecule has 1 aromatic heterocycles. The molecule has 2 aliphatic rings. The van der Waals surface area contributed by atoms with Crippen LogP contribution < -0.4 is 0 Å². The zero-order valence-corrected chi connectivity index (χ0v) is 10.3. The molecule has 2 atom stereocenters. The van der Waals surface area contributed by atoms with Gasteiger partial charge in [-0.1, -0.05) is 0 Å². The lowest BCUT2D eigenvalue weighted by Crippen LogP contribution is -2.35. The summed E-state index contributed by atoms with van der Waals surface area (Å²) >= 11 is 0. The van der Waals surface area contributed by atoms with Gasteiger partial charge in [-0.05, 0) is 11.3 Å². The second-order valence-electron chi connectivity index (χ2n) is 4.85. The molecule has 1 aliphatic heterocycles. The standard InChI is InChI=1S/C11H12N4O4/c1-6-12-5-9(15(18)19)13(6)2-3-14-10(16)7-4-8(7)11(14)17/h5,7-8H,2-4H2,1H3/t7-,8+. The highest BCUT2D eigenvalue weighted by Gasteiger charge is 2.58. The molecule has 1 saturated carbocycles. The maximum Gasteiger partial charge on any atom is 0.342 e. The number of imide groups is 1. The minimum absolute atomic E-state index is 0.123. The van der Waals surface area contributed by atoms with Gasteiger partial charge < -0.3 is 10.1 Å². The van der Waals surface area contributed by atoms with Gasteiger partial charge in [-0.2, -0.15) is 0 Å². The number of nitrogens with zero attached hydrogens (tertiary/aromatic N) is 4. The fourth-order valence-electron chi connectivity index (χ4n) is 2.55. The summed E-state index contributed by atoms with van der Waals surface area (Å²) in [6.07, 6.45) is 1.85. The van der Waals surface area contributed by atoms with Gasteiger partial charge >= 0.3 is 5.82 Å². The third kappa shape index (κ3) is 1.71. The second-order valence-corrected chi connectivity index (χ2v) is 4.85. The predicted molar refractivity (Wildman–Crippen MR) is 61.9 cm³/mol. The summed E-state index contributed by atoms with van der Waals surface area (Å²) in [6, 6.07) is 0. The molecule has 2 amide bonds. The lowest BCUT2D eigenvalue weighted by atomic mass is 10.4. The summed E-state index contributed by atoms with van der Waals surface area (Å²) in [7, 11) is 0. The topological polar surface area (TPSA) is 98.3 Å². The molecule has 1 aliphatic carbocycles. The number of aryl methyl sites for hydroxylation is 1. The van der Waals surface area contributed by atoms with Gasteiger partial charge in [0.05, 0.1) is 18.4 Å². The van der Waals surface area contributed by atoms with Gasteiger partial charge in [0.25, 0.3) is 0 Å². The van der Waals surface area contributed by atoms with E-state index in [1.54, 1.807) is 6.92 Å². The Morgan fingerprint density at radius 3 is 2.58 bits per heavy atom. The lowest BCUT2D eigenvalue weighted by molar-refractivity contribution is -0.392. The third-order valence-electron chi connectivity index (χ3n) is 3.73. The largest absolute Gasteiger partial charge is 0.358 e. The highest BCUT2D eigenvalue weighted by molar-refractivity contribution is 6.08. The fourth-order valence-corrected chi connectivity index (χ4v) is 2.55. The molecule has 100 valence electrons. The van der Waals surface area contributed by atoms with Gasteiger partial charge in [-0.15, -0.1) is 0 Å². The van der Waals surface area contributed by atoms with Gasteiger partial charge in [-0.25, -0.2) is 9.55 Å². The van der Waals surface area contributed by atoms with Crippen molar-refractivity contribution in [2.45, 2.75) is 19.9 Å². The molecular formula is C11H12N4O4. The number of fused-ring (bicyclic) bond motifs is 1. The number of aromatic nitrogens is 2. The van der Waals surface area contributed by atoms with Gasteiger partial charge in [0.15, 0.2) is 5.82 Å². The first-order valence-corrected chi connectivity index (χ1v) is 6.02. The molecule has 2 heterocycles. The zero-order chi connectivity index (χ0) is 13.7. The van der Waals surface area contributed by atoms with Crippen molar-refractivity contribution in [3.8, 4) is 0 Å². The van der Waals surface area contributed by atoms with Gasteiger partial charge in [0.2, 0.25) is 11.8 Å². The molecule has 0 N–H and O–H groups in total. The Morgan fingerprint density at radius 1 is 1.37 bits per heavy atom. The molecule has 19 heavy (non-hydrogen) atoms. The summed E-state index contributed by atoms with van der Waals surface area (Å²) < 4.78 is 1.41. The van der Waals surface area contributed by atoms with E-state index in [0.717, 1.165) is 0 Å². The van der Waals surface area contributed by atoms with Crippen LogP contribution >= 0.6 is 0 Å². The Bertz CT molecular complexity index is 574. The number of piperidine rings is 1. The van der Waals surface area contributed by atoms with Crippen LogP contribution in [0, 0.1) is 28.9 Å². The van der Waals surface area contributed by atoms with Crippen molar-refractivity contribution in [2.24, 2.45) is 11.8 Å². The number of imidazole rings is 1. The van der Waals surface area contributed by atoms with Crippen molar-refractivity contribution >= 4 is 17.6 Å². The molecule has 0 bridgehead atoms. The normalized spacial score (nSPS) is 24.8. The van der Waals surface area contributed by atoms with Gasteiger partial charge in [-0.3, -0.25) is 14.5 Å². The second kappa shape index (κ2) is 3.87. The van der Waals surface area contributed by atoms with Crippen LogP contribution in [-0.4, -0.2) is 37.7 Å². The van der Waals surface area contributed by atoms with Crippen molar-refractivity contribution in [1.29, 1.82) is 0 Å². The smallest absolute Gasteiger partial charge is 0.342 e. The quantitative estimate of drug-likeness (QED) is 0.436. The highest BCUT2D eigenvalue weighted by Crippen LogP contribution is 2.46. The van der Waals surface area contributed by atoms with Crippen LogP contribution in [0.5, 0.6) is 0 Å². The van der Waals surface area contributed by atoms with E-state index in [1.807, 2.05) is 0 Å². The van der Waals surface area contributed by atoms with E-state index in [0.29, 0.717) is 12.2 Å². The molecule has 3 rings (SSSR count). The first-order chi connectivity index (χ1) is 9.00. The molecule has 0 spiro atoms. The predicted octanol–water partition coefficient (Wildman–Crippen LogP) is 0.105. The minimum atomic E-state index is -0.523. The van der Waals surface area contributed by atoms with E-state index in [1.165, 1.54) is 15.7 Å². The van der Waals surface area contributed by atoms with Crippen molar-refractivity contribution in [1.82, 2.24) is 14.5 Å². The molecule has 8 nitrogen and oxygen atoms in total. The summed E-state index contributed by atoms with van der Waals surface area (Å²) in [5.74, 6) is -0.179. The maximum absolute atomic E-state index is 11.8. The van der Waals surface area contributed by atoms with Crippen LogP contribution in [-0.2, 0) is 16.1 Å². The van der Waals surface area contributed by atoms with Crippen molar-refractivity contribution in [2.75, 3.05) is 6.54 Å². The number of hydrogen-bond acceptors (Lipinski definition) is 5. The molecule has 8 heteroatoms. The summed E-state index contributed by atoms with van der Waals surface area (Å²) in [5.41, 5.74) is 0. The minimum Gasteiger partial charge on any atom is -0.358 e.